The van der Waals surface area contributed by atoms with Gasteiger partial charge in [0.1, 0.15) is 17.2 Å². The maximum atomic E-state index is 11.7. The number of amides is 1. The zero-order chi connectivity index (χ0) is 14.3. The van der Waals surface area contributed by atoms with Gasteiger partial charge in [-0.2, -0.15) is 0 Å². The molecule has 0 aliphatic heterocycles. The number of nitrogens with zero attached hydrogens (tertiary/aromatic N) is 1. The van der Waals surface area contributed by atoms with E-state index in [2.05, 4.69) is 9.97 Å². The fourth-order valence-corrected chi connectivity index (χ4v) is 2.52. The first-order valence-electron chi connectivity index (χ1n) is 6.37. The average Bonchev–Trinajstić information content (AvgIpc) is 2.99. The number of nitrogens with two attached hydrogens (primary N) is 1. The number of aromatic amines is 1. The molecule has 0 aliphatic rings. The fourth-order valence-electron chi connectivity index (χ4n) is 2.52. The molecular weight excluding hydrogens is 254 g/mol. The van der Waals surface area contributed by atoms with Crippen LogP contribution in [0.25, 0.3) is 11.0 Å². The van der Waals surface area contributed by atoms with Crippen LogP contribution in [-0.4, -0.2) is 15.9 Å². The summed E-state index contributed by atoms with van der Waals surface area (Å²) in [6, 6.07) is 3.51. The lowest BCUT2D eigenvalue weighted by atomic mass is 9.97. The number of hydrogen-bond donors (Lipinski definition) is 2. The molecule has 0 bridgehead atoms. The molecule has 2 aromatic heterocycles. The van der Waals surface area contributed by atoms with Crippen molar-refractivity contribution in [2.75, 3.05) is 0 Å². The molecule has 2 heterocycles. The normalized spacial score (nSPS) is 11.1. The van der Waals surface area contributed by atoms with Crippen molar-refractivity contribution in [3.8, 4) is 0 Å². The number of aryl methyl sites for hydroxylation is 2. The average molecular weight is 269 g/mol. The number of furan rings is 1. The fraction of sp³-hybridized carbons (Fsp3) is 0.200. The Hall–Kier alpha value is -2.56. The van der Waals surface area contributed by atoms with Crippen LogP contribution in [0.15, 0.2) is 28.9 Å². The minimum absolute atomic E-state index is 0.438. The summed E-state index contributed by atoms with van der Waals surface area (Å²) in [7, 11) is 0. The first kappa shape index (κ1) is 12.5. The molecule has 1 aromatic carbocycles. The third-order valence-electron chi connectivity index (χ3n) is 3.61. The van der Waals surface area contributed by atoms with Crippen molar-refractivity contribution in [3.63, 3.8) is 0 Å². The van der Waals surface area contributed by atoms with Crippen LogP contribution in [0.5, 0.6) is 0 Å². The van der Waals surface area contributed by atoms with Crippen molar-refractivity contribution in [3.05, 3.63) is 52.8 Å². The molecule has 3 N–H and O–H groups in total. The number of hydrogen-bond acceptors (Lipinski definition) is 3. The van der Waals surface area contributed by atoms with Crippen molar-refractivity contribution < 1.29 is 9.21 Å². The molecule has 0 radical (unpaired) electrons. The molecule has 0 atom stereocenters. The third-order valence-corrected chi connectivity index (χ3v) is 3.61. The van der Waals surface area contributed by atoms with Gasteiger partial charge < -0.3 is 15.1 Å². The molecule has 102 valence electrons. The lowest BCUT2D eigenvalue weighted by Gasteiger charge is -2.07. The van der Waals surface area contributed by atoms with Crippen LogP contribution in [0, 0.1) is 13.8 Å². The summed E-state index contributed by atoms with van der Waals surface area (Å²) in [5.74, 6) is 1.20. The minimum atomic E-state index is -0.438. The Labute approximate surface area is 115 Å². The zero-order valence-electron chi connectivity index (χ0n) is 11.4. The van der Waals surface area contributed by atoms with Crippen molar-refractivity contribution >= 4 is 16.9 Å². The van der Waals surface area contributed by atoms with Crippen molar-refractivity contribution in [2.24, 2.45) is 5.73 Å². The van der Waals surface area contributed by atoms with Gasteiger partial charge in [-0.05, 0) is 37.1 Å². The van der Waals surface area contributed by atoms with Crippen molar-refractivity contribution in [1.82, 2.24) is 9.97 Å². The highest BCUT2D eigenvalue weighted by molar-refractivity contribution is 6.00. The second kappa shape index (κ2) is 4.52. The van der Waals surface area contributed by atoms with Crippen LogP contribution in [0.4, 0.5) is 0 Å². The van der Waals surface area contributed by atoms with Crippen LogP contribution < -0.4 is 5.73 Å². The molecule has 0 saturated heterocycles. The standard InChI is InChI=1S/C15H15N3O2/c1-8-9(2)20-12-4-3-10(15(16)19)11(14(8)12)7-13-17-5-6-18-13/h3-6H,7H2,1-2H3,(H2,16,19)(H,17,18). The van der Waals surface area contributed by atoms with Crippen LogP contribution in [-0.2, 0) is 6.42 Å². The van der Waals surface area contributed by atoms with Crippen LogP contribution in [0.2, 0.25) is 0 Å². The number of carbonyl (C=O) groups is 1. The molecule has 5 heteroatoms. The van der Waals surface area contributed by atoms with E-state index in [1.165, 1.54) is 0 Å². The number of imidazole rings is 1. The highest BCUT2D eigenvalue weighted by Crippen LogP contribution is 2.31. The van der Waals surface area contributed by atoms with E-state index in [0.29, 0.717) is 12.0 Å². The summed E-state index contributed by atoms with van der Waals surface area (Å²) < 4.78 is 5.71. The number of rotatable bonds is 3. The highest BCUT2D eigenvalue weighted by Gasteiger charge is 2.18. The number of carbonyl (C=O) groups excluding carboxylic acids is 1. The minimum Gasteiger partial charge on any atom is -0.461 e. The van der Waals surface area contributed by atoms with E-state index >= 15 is 0 Å². The monoisotopic (exact) mass is 269 g/mol. The zero-order valence-corrected chi connectivity index (χ0v) is 11.4. The number of aromatic nitrogens is 2. The van der Waals surface area contributed by atoms with Gasteiger partial charge in [0.25, 0.3) is 0 Å². The van der Waals surface area contributed by atoms with Gasteiger partial charge >= 0.3 is 0 Å². The highest BCUT2D eigenvalue weighted by atomic mass is 16.3. The topological polar surface area (TPSA) is 84.9 Å². The number of H-pyrrole nitrogens is 1. The number of benzene rings is 1. The van der Waals surface area contributed by atoms with Crippen molar-refractivity contribution in [1.29, 1.82) is 0 Å². The van der Waals surface area contributed by atoms with Gasteiger partial charge in [-0.1, -0.05) is 0 Å². The number of fused-ring (bicyclic) bond motifs is 1. The number of nitrogens with one attached hydrogen (secondary N) is 1. The maximum Gasteiger partial charge on any atom is 0.249 e. The van der Waals surface area contributed by atoms with Crippen molar-refractivity contribution in [2.45, 2.75) is 20.3 Å². The largest absolute Gasteiger partial charge is 0.461 e. The summed E-state index contributed by atoms with van der Waals surface area (Å²) in [4.78, 5) is 18.9. The molecule has 3 aromatic rings. The Kier molecular flexibility index (Phi) is 2.82. The molecule has 3 rings (SSSR count). The van der Waals surface area contributed by atoms with E-state index in [-0.39, 0.29) is 0 Å². The second-order valence-electron chi connectivity index (χ2n) is 4.82. The first-order chi connectivity index (χ1) is 9.58. The molecule has 0 saturated carbocycles. The van der Waals surface area contributed by atoms with Gasteiger partial charge in [-0.25, -0.2) is 4.98 Å². The summed E-state index contributed by atoms with van der Waals surface area (Å²) in [6.45, 7) is 3.90. The van der Waals surface area contributed by atoms with Gasteiger partial charge in [-0.15, -0.1) is 0 Å². The van der Waals surface area contributed by atoms with Gasteiger partial charge in [-0.3, -0.25) is 4.79 Å². The van der Waals surface area contributed by atoms with Gasteiger partial charge in [0, 0.05) is 29.8 Å². The Morgan fingerprint density at radius 3 is 2.85 bits per heavy atom. The van der Waals surface area contributed by atoms with Gasteiger partial charge in [0.15, 0.2) is 0 Å². The Morgan fingerprint density at radius 1 is 1.40 bits per heavy atom. The van der Waals surface area contributed by atoms with Crippen LogP contribution in [0.3, 0.4) is 0 Å². The summed E-state index contributed by atoms with van der Waals surface area (Å²) in [5, 5.41) is 0.954. The lowest BCUT2D eigenvalue weighted by Crippen LogP contribution is -2.14. The second-order valence-corrected chi connectivity index (χ2v) is 4.82. The molecule has 0 aliphatic carbocycles. The van der Waals surface area contributed by atoms with E-state index in [1.54, 1.807) is 24.5 Å². The Morgan fingerprint density at radius 2 is 2.20 bits per heavy atom. The molecule has 20 heavy (non-hydrogen) atoms. The predicted molar refractivity (Wildman–Crippen MR) is 75.6 cm³/mol. The Balaban J connectivity index is 2.28. The molecular formula is C15H15N3O2. The number of primary amides is 1. The van der Waals surface area contributed by atoms with Crippen LogP contribution in [0.1, 0.15) is 33.1 Å². The smallest absolute Gasteiger partial charge is 0.249 e. The van der Waals surface area contributed by atoms with Gasteiger partial charge in [0.05, 0.1) is 0 Å². The van der Waals surface area contributed by atoms with E-state index < -0.39 is 5.91 Å². The van der Waals surface area contributed by atoms with E-state index in [4.69, 9.17) is 10.2 Å². The van der Waals surface area contributed by atoms with E-state index in [1.807, 2.05) is 13.8 Å². The summed E-state index contributed by atoms with van der Waals surface area (Å²) in [5.41, 5.74) is 8.67. The molecule has 0 spiro atoms. The third kappa shape index (κ3) is 1.87. The quantitative estimate of drug-likeness (QED) is 0.766. The maximum absolute atomic E-state index is 11.7. The molecule has 5 nitrogen and oxygen atoms in total. The lowest BCUT2D eigenvalue weighted by molar-refractivity contribution is 0.0999. The molecule has 0 fully saturated rings. The Bertz CT molecular complexity index is 785. The summed E-state index contributed by atoms with van der Waals surface area (Å²) >= 11 is 0. The van der Waals surface area contributed by atoms with E-state index in [0.717, 1.165) is 33.7 Å². The van der Waals surface area contributed by atoms with Crippen LogP contribution >= 0.6 is 0 Å². The first-order valence-corrected chi connectivity index (χ1v) is 6.37. The summed E-state index contributed by atoms with van der Waals surface area (Å²) in [6.07, 6.45) is 3.96. The molecule has 0 unspecified atom stereocenters. The van der Waals surface area contributed by atoms with Gasteiger partial charge in [0.2, 0.25) is 5.91 Å². The SMILES string of the molecule is Cc1oc2ccc(C(N)=O)c(Cc3ncc[nH]3)c2c1C. The van der Waals surface area contributed by atoms with E-state index in [9.17, 15) is 4.79 Å². The predicted octanol–water partition coefficient (Wildman–Crippen LogP) is 2.46. The molecule has 1 amide bonds.